The van der Waals surface area contributed by atoms with Crippen molar-refractivity contribution in [3.05, 3.63) is 222 Å². The van der Waals surface area contributed by atoms with E-state index in [0.717, 1.165) is 33.9 Å². The quantitative estimate of drug-likeness (QED) is 0.181. The molecule has 0 N–H and O–H groups in total. The van der Waals surface area contributed by atoms with Gasteiger partial charge in [-0.2, -0.15) is 0 Å². The first-order valence-corrected chi connectivity index (χ1v) is 17.5. The summed E-state index contributed by atoms with van der Waals surface area (Å²) in [6.45, 7) is 0. The molecule has 1 aliphatic heterocycles. The number of fused-ring (bicyclic) bond motifs is 5. The molecule has 1 aromatic heterocycles. The number of hydrogen-bond acceptors (Lipinski definition) is 1. The number of hydrogen-bond donors (Lipinski definition) is 0. The highest BCUT2D eigenvalue weighted by atomic mass is 16.5. The van der Waals surface area contributed by atoms with Gasteiger partial charge in [-0.3, -0.25) is 0 Å². The van der Waals surface area contributed by atoms with Crippen LogP contribution in [-0.2, 0) is 5.41 Å². The monoisotopic (exact) mass is 651 g/mol. The molecule has 0 radical (unpaired) electrons. The van der Waals surface area contributed by atoms with Crippen LogP contribution in [0.3, 0.4) is 0 Å². The summed E-state index contributed by atoms with van der Waals surface area (Å²) in [7, 11) is 0. The number of nitrogens with zero attached hydrogens (tertiary/aromatic N) is 1. The Morgan fingerprint density at radius 2 is 0.961 bits per heavy atom. The van der Waals surface area contributed by atoms with Crippen LogP contribution < -0.4 is 4.74 Å². The standard InChI is InChI=1S/C49H33NO/c1-4-17-35(18-5-1)49(36-19-6-2-7-20-36)42-27-13-15-30-46(42)51-47-32-31-34(33-43(47)49)38-23-10-11-24-39(38)40-26-16-29-45-48(40)41-25-12-14-28-44(41)50(45)37-21-8-3-9-22-37/h1-33H. The molecule has 240 valence electrons. The zero-order valence-corrected chi connectivity index (χ0v) is 27.9. The van der Waals surface area contributed by atoms with Gasteiger partial charge in [-0.25, -0.2) is 0 Å². The summed E-state index contributed by atoms with van der Waals surface area (Å²) >= 11 is 0. The highest BCUT2D eigenvalue weighted by Crippen LogP contribution is 2.56. The molecule has 0 atom stereocenters. The van der Waals surface area contributed by atoms with Crippen LogP contribution in [0, 0.1) is 0 Å². The first-order chi connectivity index (χ1) is 25.3. The zero-order valence-electron chi connectivity index (χ0n) is 27.9. The van der Waals surface area contributed by atoms with Crippen molar-refractivity contribution in [3.63, 3.8) is 0 Å². The van der Waals surface area contributed by atoms with Crippen LogP contribution in [0.4, 0.5) is 0 Å². The van der Waals surface area contributed by atoms with Gasteiger partial charge in [-0.1, -0.05) is 158 Å². The predicted octanol–water partition coefficient (Wildman–Crippen LogP) is 12.6. The van der Waals surface area contributed by atoms with Gasteiger partial charge >= 0.3 is 0 Å². The largest absolute Gasteiger partial charge is 0.457 e. The molecule has 1 aliphatic rings. The van der Waals surface area contributed by atoms with E-state index in [-0.39, 0.29) is 0 Å². The average molecular weight is 652 g/mol. The third-order valence-corrected chi connectivity index (χ3v) is 10.5. The second-order valence-electron chi connectivity index (χ2n) is 13.2. The van der Waals surface area contributed by atoms with E-state index in [1.807, 2.05) is 0 Å². The van der Waals surface area contributed by atoms with E-state index in [2.05, 4.69) is 205 Å². The first kappa shape index (κ1) is 29.3. The van der Waals surface area contributed by atoms with Gasteiger partial charge in [0.05, 0.1) is 16.4 Å². The zero-order chi connectivity index (χ0) is 33.8. The lowest BCUT2D eigenvalue weighted by atomic mass is 9.63. The van der Waals surface area contributed by atoms with E-state index in [4.69, 9.17) is 4.74 Å². The third-order valence-electron chi connectivity index (χ3n) is 10.5. The Hall–Kier alpha value is -6.64. The lowest BCUT2D eigenvalue weighted by molar-refractivity contribution is 0.434. The van der Waals surface area contributed by atoms with Crippen molar-refractivity contribution in [2.75, 3.05) is 0 Å². The molecule has 0 saturated carbocycles. The molecule has 0 amide bonds. The topological polar surface area (TPSA) is 14.2 Å². The van der Waals surface area contributed by atoms with Gasteiger partial charge in [0, 0.05) is 27.6 Å². The van der Waals surface area contributed by atoms with E-state index in [9.17, 15) is 0 Å². The fourth-order valence-electron chi connectivity index (χ4n) is 8.44. The molecule has 2 heterocycles. The van der Waals surface area contributed by atoms with Crippen molar-refractivity contribution in [2.45, 2.75) is 5.41 Å². The summed E-state index contributed by atoms with van der Waals surface area (Å²) < 4.78 is 9.12. The summed E-state index contributed by atoms with van der Waals surface area (Å²) in [5.41, 5.74) is 12.4. The minimum absolute atomic E-state index is 0.583. The van der Waals surface area contributed by atoms with Crippen LogP contribution in [0.15, 0.2) is 200 Å². The molecule has 0 bridgehead atoms. The van der Waals surface area contributed by atoms with E-state index < -0.39 is 5.41 Å². The van der Waals surface area contributed by atoms with E-state index >= 15 is 0 Å². The van der Waals surface area contributed by atoms with E-state index in [1.54, 1.807) is 0 Å². The maximum atomic E-state index is 6.73. The van der Waals surface area contributed by atoms with Crippen molar-refractivity contribution < 1.29 is 4.74 Å². The van der Waals surface area contributed by atoms with Gasteiger partial charge < -0.3 is 9.30 Å². The number of aromatic nitrogens is 1. The summed E-state index contributed by atoms with van der Waals surface area (Å²) in [5.74, 6) is 1.75. The van der Waals surface area contributed by atoms with Crippen molar-refractivity contribution in [1.82, 2.24) is 4.57 Å². The molecule has 51 heavy (non-hydrogen) atoms. The molecule has 0 aliphatic carbocycles. The summed E-state index contributed by atoms with van der Waals surface area (Å²) in [5, 5.41) is 2.49. The van der Waals surface area contributed by atoms with Gasteiger partial charge in [0.2, 0.25) is 0 Å². The second-order valence-corrected chi connectivity index (χ2v) is 13.2. The number of ether oxygens (including phenoxy) is 1. The Morgan fingerprint density at radius 1 is 0.392 bits per heavy atom. The molecule has 10 rings (SSSR count). The Labute approximate surface area is 297 Å². The molecular weight excluding hydrogens is 619 g/mol. The summed E-state index contributed by atoms with van der Waals surface area (Å²) in [6, 6.07) is 72.0. The van der Waals surface area contributed by atoms with Crippen LogP contribution >= 0.6 is 0 Å². The number of rotatable bonds is 5. The Balaban J connectivity index is 1.24. The molecule has 0 saturated heterocycles. The number of para-hydroxylation sites is 3. The van der Waals surface area contributed by atoms with Gasteiger partial charge in [0.15, 0.2) is 0 Å². The van der Waals surface area contributed by atoms with E-state index in [1.165, 1.54) is 49.6 Å². The Bertz CT molecular complexity index is 2670. The van der Waals surface area contributed by atoms with Crippen LogP contribution in [0.5, 0.6) is 11.5 Å². The highest BCUT2D eigenvalue weighted by molar-refractivity contribution is 6.16. The molecule has 2 heteroatoms. The van der Waals surface area contributed by atoms with Crippen molar-refractivity contribution in [1.29, 1.82) is 0 Å². The van der Waals surface area contributed by atoms with Crippen LogP contribution in [0.1, 0.15) is 22.3 Å². The minimum Gasteiger partial charge on any atom is -0.457 e. The fraction of sp³-hybridized carbons (Fsp3) is 0.0204. The van der Waals surface area contributed by atoms with E-state index in [0.29, 0.717) is 0 Å². The molecule has 0 fully saturated rings. The minimum atomic E-state index is -0.583. The Morgan fingerprint density at radius 3 is 1.73 bits per heavy atom. The summed E-state index contributed by atoms with van der Waals surface area (Å²) in [4.78, 5) is 0. The molecular formula is C49H33NO. The lowest BCUT2D eigenvalue weighted by Gasteiger charge is -2.41. The smallest absolute Gasteiger partial charge is 0.132 e. The van der Waals surface area contributed by atoms with Gasteiger partial charge in [-0.05, 0) is 75.8 Å². The van der Waals surface area contributed by atoms with Crippen LogP contribution in [-0.4, -0.2) is 4.57 Å². The van der Waals surface area contributed by atoms with Crippen LogP contribution in [0.2, 0.25) is 0 Å². The second kappa shape index (κ2) is 11.8. The predicted molar refractivity (Wildman–Crippen MR) is 210 cm³/mol. The van der Waals surface area contributed by atoms with Gasteiger partial charge in [0.1, 0.15) is 11.5 Å². The van der Waals surface area contributed by atoms with Crippen LogP contribution in [0.25, 0.3) is 49.7 Å². The lowest BCUT2D eigenvalue weighted by Crippen LogP contribution is -2.34. The number of benzene rings is 8. The molecule has 2 nitrogen and oxygen atoms in total. The Kier molecular flexibility index (Phi) is 6.75. The first-order valence-electron chi connectivity index (χ1n) is 17.5. The SMILES string of the molecule is c1ccc(-n2c3ccccc3c3c(-c4ccccc4-c4ccc5c(c4)C(c4ccccc4)(c4ccccc4)c4ccccc4O5)cccc32)cc1. The highest BCUT2D eigenvalue weighted by Gasteiger charge is 2.45. The van der Waals surface area contributed by atoms with Gasteiger partial charge in [-0.15, -0.1) is 0 Å². The van der Waals surface area contributed by atoms with Crippen molar-refractivity contribution >= 4 is 21.8 Å². The molecule has 8 aromatic carbocycles. The summed E-state index contributed by atoms with van der Waals surface area (Å²) in [6.07, 6.45) is 0. The molecule has 0 unspecified atom stereocenters. The van der Waals surface area contributed by atoms with Gasteiger partial charge in [0.25, 0.3) is 0 Å². The fourth-order valence-corrected chi connectivity index (χ4v) is 8.44. The maximum Gasteiger partial charge on any atom is 0.132 e. The normalized spacial score (nSPS) is 13.0. The molecule has 9 aromatic rings. The molecule has 0 spiro atoms. The maximum absolute atomic E-state index is 6.73. The third kappa shape index (κ3) is 4.43. The van der Waals surface area contributed by atoms with Crippen molar-refractivity contribution in [2.24, 2.45) is 0 Å². The van der Waals surface area contributed by atoms with Crippen molar-refractivity contribution in [3.8, 4) is 39.4 Å². The average Bonchev–Trinajstić information content (AvgIpc) is 3.55.